The highest BCUT2D eigenvalue weighted by Gasteiger charge is 2.18. The molecule has 2 aromatic carbocycles. The number of nitrogens with one attached hydrogen (secondary N) is 2. The molecule has 2 N–H and O–H groups in total. The van der Waals surface area contributed by atoms with Crippen LogP contribution in [0.1, 0.15) is 29.9 Å². The molecule has 2 aromatic heterocycles. The number of hydrogen-bond acceptors (Lipinski definition) is 5. The van der Waals surface area contributed by atoms with Crippen LogP contribution in [0.15, 0.2) is 76.1 Å². The van der Waals surface area contributed by atoms with Gasteiger partial charge in [-0.1, -0.05) is 30.3 Å². The van der Waals surface area contributed by atoms with Gasteiger partial charge in [0.1, 0.15) is 5.76 Å². The van der Waals surface area contributed by atoms with Crippen LogP contribution < -0.4 is 20.3 Å². The second-order valence-electron chi connectivity index (χ2n) is 7.94. The van der Waals surface area contributed by atoms with Crippen molar-refractivity contribution in [3.8, 4) is 11.5 Å². The maximum atomic E-state index is 13.0. The maximum absolute atomic E-state index is 13.0. The first-order valence-electron chi connectivity index (χ1n) is 10.9. The molecule has 2 heterocycles. The van der Waals surface area contributed by atoms with Gasteiger partial charge < -0.3 is 29.1 Å². The molecule has 4 rings (SSSR count). The molecule has 0 bridgehead atoms. The summed E-state index contributed by atoms with van der Waals surface area (Å²) in [5.41, 5.74) is 2.17. The second kappa shape index (κ2) is 10.4. The third-order valence-electron chi connectivity index (χ3n) is 5.64. The van der Waals surface area contributed by atoms with E-state index >= 15 is 0 Å². The average molecular weight is 478 g/mol. The van der Waals surface area contributed by atoms with E-state index in [2.05, 4.69) is 17.2 Å². The van der Waals surface area contributed by atoms with Crippen molar-refractivity contribution >= 4 is 28.2 Å². The summed E-state index contributed by atoms with van der Waals surface area (Å²) in [4.78, 5) is 17.8. The average Bonchev–Trinajstić information content (AvgIpc) is 3.37. The first kappa shape index (κ1) is 23.4. The monoisotopic (exact) mass is 477 g/mol. The van der Waals surface area contributed by atoms with Crippen molar-refractivity contribution in [1.82, 2.24) is 15.2 Å². The Balaban J connectivity index is 1.63. The molecule has 34 heavy (non-hydrogen) atoms. The molecule has 0 aliphatic heterocycles. The molecular weight excluding hydrogens is 450 g/mol. The number of thiocarbonyl (C=S) groups is 1. The molecule has 4 aromatic rings. The zero-order chi connectivity index (χ0) is 24.1. The van der Waals surface area contributed by atoms with Crippen molar-refractivity contribution in [2.45, 2.75) is 26.1 Å². The van der Waals surface area contributed by atoms with Crippen LogP contribution in [0.2, 0.25) is 0 Å². The molecule has 0 aliphatic carbocycles. The van der Waals surface area contributed by atoms with Crippen LogP contribution in [0, 0.1) is 0 Å². The van der Waals surface area contributed by atoms with E-state index < -0.39 is 0 Å². The first-order valence-corrected chi connectivity index (χ1v) is 11.3. The van der Waals surface area contributed by atoms with Crippen LogP contribution in [0.3, 0.4) is 0 Å². The Morgan fingerprint density at radius 3 is 2.47 bits per heavy atom. The molecule has 1 unspecified atom stereocenters. The van der Waals surface area contributed by atoms with Crippen molar-refractivity contribution in [2.24, 2.45) is 0 Å². The van der Waals surface area contributed by atoms with Crippen LogP contribution >= 0.6 is 12.2 Å². The molecule has 1 atom stereocenters. The van der Waals surface area contributed by atoms with Gasteiger partial charge in [-0.25, -0.2) is 0 Å². The highest BCUT2D eigenvalue weighted by Crippen LogP contribution is 2.31. The zero-order valence-corrected chi connectivity index (χ0v) is 20.1. The summed E-state index contributed by atoms with van der Waals surface area (Å²) in [6.07, 6.45) is 1.62. The standard InChI is InChI=1S/C26H27N3O4S/c1-17(18-8-5-4-6-9-18)27-26(34)29(16-21-10-7-11-33-21)15-20-12-19-13-23(31-2)24(32-3)14-22(19)28-25(20)30/h4-14,17H,15-16H2,1-3H3,(H,27,34)(H,28,30). The van der Waals surface area contributed by atoms with Gasteiger partial charge in [0.2, 0.25) is 0 Å². The van der Waals surface area contributed by atoms with E-state index in [1.165, 1.54) is 0 Å². The van der Waals surface area contributed by atoms with Crippen molar-refractivity contribution < 1.29 is 13.9 Å². The van der Waals surface area contributed by atoms with E-state index in [4.69, 9.17) is 26.1 Å². The number of pyridine rings is 1. The number of nitrogens with zero attached hydrogens (tertiary/aromatic N) is 1. The highest BCUT2D eigenvalue weighted by atomic mass is 32.1. The third-order valence-corrected chi connectivity index (χ3v) is 6.02. The summed E-state index contributed by atoms with van der Waals surface area (Å²) in [7, 11) is 3.15. The van der Waals surface area contributed by atoms with E-state index in [1.807, 2.05) is 59.5 Å². The molecule has 0 amide bonds. The Morgan fingerprint density at radius 2 is 1.79 bits per heavy atom. The van der Waals surface area contributed by atoms with Crippen molar-refractivity contribution in [3.63, 3.8) is 0 Å². The van der Waals surface area contributed by atoms with Gasteiger partial charge in [-0.3, -0.25) is 4.79 Å². The van der Waals surface area contributed by atoms with Gasteiger partial charge in [-0.15, -0.1) is 0 Å². The fourth-order valence-electron chi connectivity index (χ4n) is 3.79. The lowest BCUT2D eigenvalue weighted by Crippen LogP contribution is -2.41. The SMILES string of the molecule is COc1cc2cc(CN(Cc3ccco3)C(=S)NC(C)c3ccccc3)c(=O)[nH]c2cc1OC. The largest absolute Gasteiger partial charge is 0.493 e. The van der Waals surface area contributed by atoms with Crippen LogP contribution in [-0.4, -0.2) is 29.2 Å². The van der Waals surface area contributed by atoms with Gasteiger partial charge in [0.15, 0.2) is 16.6 Å². The predicted molar refractivity (Wildman–Crippen MR) is 136 cm³/mol. The third kappa shape index (κ3) is 5.23. The Hall–Kier alpha value is -3.78. The minimum atomic E-state index is -0.192. The Morgan fingerprint density at radius 1 is 1.06 bits per heavy atom. The Labute approximate surface area is 203 Å². The van der Waals surface area contributed by atoms with Crippen molar-refractivity contribution in [2.75, 3.05) is 14.2 Å². The fourth-order valence-corrected chi connectivity index (χ4v) is 4.10. The molecule has 0 saturated carbocycles. The minimum Gasteiger partial charge on any atom is -0.493 e. The predicted octanol–water partition coefficient (Wildman–Crippen LogP) is 4.78. The van der Waals surface area contributed by atoms with Crippen molar-refractivity contribution in [1.29, 1.82) is 0 Å². The lowest BCUT2D eigenvalue weighted by atomic mass is 10.1. The number of aromatic amines is 1. The van der Waals surface area contributed by atoms with Crippen LogP contribution in [0.5, 0.6) is 11.5 Å². The molecule has 0 saturated heterocycles. The first-order chi connectivity index (χ1) is 16.5. The fraction of sp³-hybridized carbons (Fsp3) is 0.231. The quantitative estimate of drug-likeness (QED) is 0.354. The van der Waals surface area contributed by atoms with Gasteiger partial charge in [0, 0.05) is 17.0 Å². The summed E-state index contributed by atoms with van der Waals surface area (Å²) in [6.45, 7) is 2.77. The number of methoxy groups -OCH3 is 2. The van der Waals surface area contributed by atoms with E-state index in [-0.39, 0.29) is 11.6 Å². The molecule has 0 radical (unpaired) electrons. The number of ether oxygens (including phenoxy) is 2. The highest BCUT2D eigenvalue weighted by molar-refractivity contribution is 7.80. The van der Waals surface area contributed by atoms with Gasteiger partial charge in [-0.05, 0) is 49.0 Å². The van der Waals surface area contributed by atoms with Crippen LogP contribution in [-0.2, 0) is 13.1 Å². The number of furan rings is 1. The number of aromatic nitrogens is 1. The molecule has 8 heteroatoms. The topological polar surface area (TPSA) is 79.7 Å². The molecular formula is C26H27N3O4S. The van der Waals surface area contributed by atoms with E-state index in [0.29, 0.717) is 40.8 Å². The number of benzene rings is 2. The summed E-state index contributed by atoms with van der Waals surface area (Å²) < 4.78 is 16.3. The summed E-state index contributed by atoms with van der Waals surface area (Å²) in [5.74, 6) is 1.90. The summed E-state index contributed by atoms with van der Waals surface area (Å²) in [6, 6.07) is 19.2. The van der Waals surface area contributed by atoms with Gasteiger partial charge >= 0.3 is 0 Å². The number of rotatable bonds is 8. The molecule has 0 fully saturated rings. The minimum absolute atomic E-state index is 0.000542. The van der Waals surface area contributed by atoms with Crippen molar-refractivity contribution in [3.05, 3.63) is 94.2 Å². The smallest absolute Gasteiger partial charge is 0.253 e. The van der Waals surface area contributed by atoms with Gasteiger partial charge in [0.25, 0.3) is 5.56 Å². The van der Waals surface area contributed by atoms with E-state index in [1.54, 1.807) is 26.5 Å². The number of fused-ring (bicyclic) bond motifs is 1. The zero-order valence-electron chi connectivity index (χ0n) is 19.3. The van der Waals surface area contributed by atoms with E-state index in [9.17, 15) is 4.79 Å². The summed E-state index contributed by atoms with van der Waals surface area (Å²) in [5, 5.41) is 4.75. The summed E-state index contributed by atoms with van der Waals surface area (Å²) >= 11 is 5.76. The molecule has 0 aliphatic rings. The molecule has 7 nitrogen and oxygen atoms in total. The lowest BCUT2D eigenvalue weighted by molar-refractivity contribution is 0.347. The second-order valence-corrected chi connectivity index (χ2v) is 8.32. The van der Waals surface area contributed by atoms with E-state index in [0.717, 1.165) is 16.7 Å². The van der Waals surface area contributed by atoms with Gasteiger partial charge in [0.05, 0.1) is 45.1 Å². The molecule has 176 valence electrons. The van der Waals surface area contributed by atoms with Gasteiger partial charge in [-0.2, -0.15) is 0 Å². The normalized spacial score (nSPS) is 11.7. The maximum Gasteiger partial charge on any atom is 0.253 e. The Bertz CT molecular complexity index is 1320. The number of H-pyrrole nitrogens is 1. The Kier molecular flexibility index (Phi) is 7.18. The van der Waals surface area contributed by atoms with Crippen LogP contribution in [0.25, 0.3) is 10.9 Å². The van der Waals surface area contributed by atoms with Crippen LogP contribution in [0.4, 0.5) is 0 Å². The lowest BCUT2D eigenvalue weighted by Gasteiger charge is -2.27. The molecule has 0 spiro atoms. The number of hydrogen-bond donors (Lipinski definition) is 2.